The molecule has 1 aromatic heterocycles. The van der Waals surface area contributed by atoms with Gasteiger partial charge in [-0.3, -0.25) is 0 Å². The summed E-state index contributed by atoms with van der Waals surface area (Å²) < 4.78 is 0. The van der Waals surface area contributed by atoms with Crippen LogP contribution in [0.5, 0.6) is 5.75 Å². The predicted molar refractivity (Wildman–Crippen MR) is 101 cm³/mol. The molecular formula is C20H22N4O. The molecule has 5 heteroatoms. The second-order valence-corrected chi connectivity index (χ2v) is 6.46. The van der Waals surface area contributed by atoms with E-state index in [1.54, 1.807) is 12.1 Å². The Morgan fingerprint density at radius 1 is 0.920 bits per heavy atom. The van der Waals surface area contributed by atoms with Crippen molar-refractivity contribution in [3.63, 3.8) is 0 Å². The van der Waals surface area contributed by atoms with Crippen molar-refractivity contribution in [1.82, 2.24) is 9.97 Å². The number of phenols is 1. The molecule has 0 atom stereocenters. The minimum Gasteiger partial charge on any atom is -0.508 e. The summed E-state index contributed by atoms with van der Waals surface area (Å²) in [5.41, 5.74) is 2.06. The van der Waals surface area contributed by atoms with Crippen molar-refractivity contribution in [1.29, 1.82) is 0 Å². The molecule has 1 aliphatic rings. The first kappa shape index (κ1) is 15.7. The minimum atomic E-state index is 0.281. The van der Waals surface area contributed by atoms with E-state index >= 15 is 0 Å². The van der Waals surface area contributed by atoms with E-state index in [9.17, 15) is 5.11 Å². The molecule has 4 rings (SSSR count). The lowest BCUT2D eigenvalue weighted by Gasteiger charge is -2.27. The number of nitrogens with one attached hydrogen (secondary N) is 1. The number of piperidine rings is 1. The van der Waals surface area contributed by atoms with E-state index in [1.165, 1.54) is 19.3 Å². The summed E-state index contributed by atoms with van der Waals surface area (Å²) in [7, 11) is 0. The van der Waals surface area contributed by atoms with Crippen molar-refractivity contribution in [2.75, 3.05) is 23.3 Å². The Labute approximate surface area is 147 Å². The van der Waals surface area contributed by atoms with Gasteiger partial charge in [-0.2, -0.15) is 4.98 Å². The van der Waals surface area contributed by atoms with Crippen molar-refractivity contribution in [2.45, 2.75) is 25.8 Å². The third kappa shape index (κ3) is 3.50. The van der Waals surface area contributed by atoms with Gasteiger partial charge in [0, 0.05) is 25.0 Å². The zero-order chi connectivity index (χ0) is 17.1. The second kappa shape index (κ2) is 6.97. The van der Waals surface area contributed by atoms with Crippen LogP contribution in [0.1, 0.15) is 24.8 Å². The third-order valence-electron chi connectivity index (χ3n) is 4.63. The van der Waals surface area contributed by atoms with Crippen LogP contribution in [0.15, 0.2) is 48.5 Å². The van der Waals surface area contributed by atoms with Crippen LogP contribution in [0.4, 0.5) is 11.8 Å². The number of aromatic hydroxyl groups is 1. The van der Waals surface area contributed by atoms with Crippen molar-refractivity contribution in [2.24, 2.45) is 0 Å². The van der Waals surface area contributed by atoms with Crippen molar-refractivity contribution >= 4 is 22.7 Å². The quantitative estimate of drug-likeness (QED) is 0.757. The van der Waals surface area contributed by atoms with Crippen molar-refractivity contribution < 1.29 is 5.11 Å². The molecule has 128 valence electrons. The maximum atomic E-state index is 9.42. The monoisotopic (exact) mass is 334 g/mol. The average Bonchev–Trinajstić information content (AvgIpc) is 2.68. The summed E-state index contributed by atoms with van der Waals surface area (Å²) >= 11 is 0. The summed E-state index contributed by atoms with van der Waals surface area (Å²) in [5.74, 6) is 1.95. The molecule has 0 bridgehead atoms. The van der Waals surface area contributed by atoms with Crippen LogP contribution in [-0.4, -0.2) is 28.2 Å². The number of aromatic nitrogens is 2. The standard InChI is InChI=1S/C20H22N4O/c25-16-10-8-15(9-11-16)14-21-19-17-6-2-3-7-18(17)22-20(23-19)24-12-4-1-5-13-24/h2-3,6-11,25H,1,4-5,12-14H2,(H,21,22,23). The lowest BCUT2D eigenvalue weighted by molar-refractivity contribution is 0.475. The fourth-order valence-electron chi connectivity index (χ4n) is 3.23. The molecule has 25 heavy (non-hydrogen) atoms. The Hall–Kier alpha value is -2.82. The van der Waals surface area contributed by atoms with Crippen LogP contribution >= 0.6 is 0 Å². The van der Waals surface area contributed by atoms with Gasteiger partial charge in [0.05, 0.1) is 5.52 Å². The van der Waals surface area contributed by atoms with Crippen LogP contribution in [0, 0.1) is 0 Å². The molecule has 1 aliphatic heterocycles. The molecule has 2 N–H and O–H groups in total. The second-order valence-electron chi connectivity index (χ2n) is 6.46. The highest BCUT2D eigenvalue weighted by atomic mass is 16.3. The lowest BCUT2D eigenvalue weighted by atomic mass is 10.1. The molecule has 5 nitrogen and oxygen atoms in total. The van der Waals surface area contributed by atoms with Crippen LogP contribution in [-0.2, 0) is 6.54 Å². The Kier molecular flexibility index (Phi) is 4.37. The molecular weight excluding hydrogens is 312 g/mol. The maximum absolute atomic E-state index is 9.42. The van der Waals surface area contributed by atoms with Crippen LogP contribution in [0.25, 0.3) is 10.9 Å². The number of para-hydroxylation sites is 1. The first-order chi connectivity index (χ1) is 12.3. The van der Waals surface area contributed by atoms with E-state index in [-0.39, 0.29) is 5.75 Å². The topological polar surface area (TPSA) is 61.3 Å². The van der Waals surface area contributed by atoms with Gasteiger partial charge in [-0.1, -0.05) is 24.3 Å². The van der Waals surface area contributed by atoms with E-state index in [0.717, 1.165) is 41.3 Å². The minimum absolute atomic E-state index is 0.281. The van der Waals surface area contributed by atoms with Gasteiger partial charge in [0.15, 0.2) is 0 Å². The Morgan fingerprint density at radius 3 is 2.48 bits per heavy atom. The van der Waals surface area contributed by atoms with Gasteiger partial charge in [-0.05, 0) is 49.1 Å². The molecule has 0 saturated carbocycles. The fraction of sp³-hybridized carbons (Fsp3) is 0.300. The zero-order valence-electron chi connectivity index (χ0n) is 14.2. The number of fused-ring (bicyclic) bond motifs is 1. The molecule has 0 radical (unpaired) electrons. The summed E-state index contributed by atoms with van der Waals surface area (Å²) in [6.45, 7) is 2.70. The molecule has 0 unspecified atom stereocenters. The summed E-state index contributed by atoms with van der Waals surface area (Å²) in [6, 6.07) is 15.3. The van der Waals surface area contributed by atoms with Crippen LogP contribution < -0.4 is 10.2 Å². The van der Waals surface area contributed by atoms with E-state index in [0.29, 0.717) is 6.54 Å². The number of benzene rings is 2. The highest BCUT2D eigenvalue weighted by Crippen LogP contribution is 2.25. The first-order valence-electron chi connectivity index (χ1n) is 8.83. The van der Waals surface area contributed by atoms with Crippen LogP contribution in [0.2, 0.25) is 0 Å². The largest absolute Gasteiger partial charge is 0.508 e. The molecule has 1 saturated heterocycles. The van der Waals surface area contributed by atoms with E-state index in [2.05, 4.69) is 16.3 Å². The Balaban J connectivity index is 1.64. The Bertz CT molecular complexity index is 857. The molecule has 2 heterocycles. The predicted octanol–water partition coefficient (Wildman–Crippen LogP) is 3.94. The van der Waals surface area contributed by atoms with Gasteiger partial charge >= 0.3 is 0 Å². The number of anilines is 2. The summed E-state index contributed by atoms with van der Waals surface area (Å²) in [5, 5.41) is 13.9. The zero-order valence-corrected chi connectivity index (χ0v) is 14.2. The molecule has 0 aliphatic carbocycles. The smallest absolute Gasteiger partial charge is 0.227 e. The molecule has 0 amide bonds. The Morgan fingerprint density at radius 2 is 1.68 bits per heavy atom. The molecule has 2 aromatic carbocycles. The number of hydrogen-bond donors (Lipinski definition) is 2. The summed E-state index contributed by atoms with van der Waals surface area (Å²) in [4.78, 5) is 11.9. The normalized spacial score (nSPS) is 14.6. The van der Waals surface area contributed by atoms with Gasteiger partial charge in [0.2, 0.25) is 5.95 Å². The van der Waals surface area contributed by atoms with E-state index < -0.39 is 0 Å². The fourth-order valence-corrected chi connectivity index (χ4v) is 3.23. The SMILES string of the molecule is Oc1ccc(CNc2nc(N3CCCCC3)nc3ccccc23)cc1. The maximum Gasteiger partial charge on any atom is 0.227 e. The highest BCUT2D eigenvalue weighted by Gasteiger charge is 2.16. The molecule has 0 spiro atoms. The van der Waals surface area contributed by atoms with Crippen molar-refractivity contribution in [3.05, 3.63) is 54.1 Å². The molecule has 1 fully saturated rings. The van der Waals surface area contributed by atoms with Crippen molar-refractivity contribution in [3.8, 4) is 5.75 Å². The number of nitrogens with zero attached hydrogens (tertiary/aromatic N) is 3. The third-order valence-corrected chi connectivity index (χ3v) is 4.63. The highest BCUT2D eigenvalue weighted by molar-refractivity contribution is 5.90. The lowest BCUT2D eigenvalue weighted by Crippen LogP contribution is -2.31. The number of phenolic OH excluding ortho intramolecular Hbond substituents is 1. The number of rotatable bonds is 4. The average molecular weight is 334 g/mol. The number of hydrogen-bond acceptors (Lipinski definition) is 5. The van der Waals surface area contributed by atoms with Gasteiger partial charge in [-0.15, -0.1) is 0 Å². The first-order valence-corrected chi connectivity index (χ1v) is 8.83. The summed E-state index contributed by atoms with van der Waals surface area (Å²) in [6.07, 6.45) is 3.69. The van der Waals surface area contributed by atoms with Gasteiger partial charge in [0.25, 0.3) is 0 Å². The van der Waals surface area contributed by atoms with Crippen LogP contribution in [0.3, 0.4) is 0 Å². The van der Waals surface area contributed by atoms with E-state index in [1.807, 2.05) is 30.3 Å². The molecule has 3 aromatic rings. The van der Waals surface area contributed by atoms with Gasteiger partial charge in [-0.25, -0.2) is 4.98 Å². The van der Waals surface area contributed by atoms with E-state index in [4.69, 9.17) is 9.97 Å². The van der Waals surface area contributed by atoms with Gasteiger partial charge in [0.1, 0.15) is 11.6 Å². The van der Waals surface area contributed by atoms with Gasteiger partial charge < -0.3 is 15.3 Å².